The maximum atomic E-state index is 12.4. The molecule has 1 heterocycles. The third-order valence-electron chi connectivity index (χ3n) is 4.41. The molecule has 0 atom stereocenters. The average molecular weight is 388 g/mol. The Labute approximate surface area is 166 Å². The van der Waals surface area contributed by atoms with E-state index in [-0.39, 0.29) is 11.5 Å². The van der Waals surface area contributed by atoms with Crippen LogP contribution in [0.25, 0.3) is 0 Å². The second-order valence-electron chi connectivity index (χ2n) is 6.27. The monoisotopic (exact) mass is 388 g/mol. The van der Waals surface area contributed by atoms with Crippen LogP contribution in [0, 0.1) is 0 Å². The molecule has 0 radical (unpaired) electrons. The summed E-state index contributed by atoms with van der Waals surface area (Å²) >= 11 is 0. The standard InChI is InChI=1S/C22H16N2O5/c1-28-19-5-3-2-4-17(19)21(26)23-13-6-8-14(9-7-13)29-15-10-11-16-18(12-15)22(27)24-20(16)25/h2-12H,1H3,(H,23,26)(H,24,25,27). The Morgan fingerprint density at radius 2 is 1.55 bits per heavy atom. The highest BCUT2D eigenvalue weighted by atomic mass is 16.5. The van der Waals surface area contributed by atoms with Crippen LogP contribution in [-0.4, -0.2) is 24.8 Å². The van der Waals surface area contributed by atoms with Gasteiger partial charge in [-0.1, -0.05) is 12.1 Å². The van der Waals surface area contributed by atoms with E-state index < -0.39 is 11.8 Å². The molecule has 0 bridgehead atoms. The number of para-hydroxylation sites is 1. The predicted octanol–water partition coefficient (Wildman–Crippen LogP) is 3.62. The molecule has 4 rings (SSSR count). The lowest BCUT2D eigenvalue weighted by Gasteiger charge is -2.10. The summed E-state index contributed by atoms with van der Waals surface area (Å²) in [6.07, 6.45) is 0. The zero-order valence-corrected chi connectivity index (χ0v) is 15.4. The van der Waals surface area contributed by atoms with Crippen LogP contribution < -0.4 is 20.1 Å². The summed E-state index contributed by atoms with van der Waals surface area (Å²) in [5.74, 6) is 0.301. The molecule has 3 aromatic carbocycles. The fourth-order valence-corrected chi connectivity index (χ4v) is 2.98. The molecule has 0 aromatic heterocycles. The van der Waals surface area contributed by atoms with Crippen molar-refractivity contribution >= 4 is 23.4 Å². The number of hydrogen-bond acceptors (Lipinski definition) is 5. The highest BCUT2D eigenvalue weighted by Gasteiger charge is 2.26. The van der Waals surface area contributed by atoms with Crippen LogP contribution in [0.2, 0.25) is 0 Å². The molecule has 0 unspecified atom stereocenters. The molecule has 3 amide bonds. The van der Waals surface area contributed by atoms with Crippen LogP contribution in [0.15, 0.2) is 66.7 Å². The molecule has 1 aliphatic heterocycles. The average Bonchev–Trinajstić information content (AvgIpc) is 3.02. The van der Waals surface area contributed by atoms with Crippen molar-refractivity contribution in [3.63, 3.8) is 0 Å². The summed E-state index contributed by atoms with van der Waals surface area (Å²) in [6.45, 7) is 0. The maximum absolute atomic E-state index is 12.4. The fourth-order valence-electron chi connectivity index (χ4n) is 2.98. The molecule has 29 heavy (non-hydrogen) atoms. The number of imide groups is 1. The first-order valence-electron chi connectivity index (χ1n) is 8.77. The molecule has 0 fully saturated rings. The van der Waals surface area contributed by atoms with E-state index in [1.165, 1.54) is 13.2 Å². The van der Waals surface area contributed by atoms with Crippen molar-refractivity contribution in [2.24, 2.45) is 0 Å². The minimum absolute atomic E-state index is 0.285. The van der Waals surface area contributed by atoms with E-state index in [2.05, 4.69) is 10.6 Å². The van der Waals surface area contributed by atoms with Gasteiger partial charge in [-0.15, -0.1) is 0 Å². The third-order valence-corrected chi connectivity index (χ3v) is 4.41. The number of fused-ring (bicyclic) bond motifs is 1. The van der Waals surface area contributed by atoms with Crippen molar-refractivity contribution in [1.82, 2.24) is 5.32 Å². The second kappa shape index (κ2) is 7.47. The quantitative estimate of drug-likeness (QED) is 0.651. The number of rotatable bonds is 5. The number of ether oxygens (including phenoxy) is 2. The van der Waals surface area contributed by atoms with Crippen molar-refractivity contribution in [2.75, 3.05) is 12.4 Å². The number of hydrogen-bond donors (Lipinski definition) is 2. The smallest absolute Gasteiger partial charge is 0.259 e. The highest BCUT2D eigenvalue weighted by molar-refractivity contribution is 6.21. The molecule has 0 aliphatic carbocycles. The lowest BCUT2D eigenvalue weighted by molar-refractivity contribution is 0.0878. The van der Waals surface area contributed by atoms with Gasteiger partial charge in [0.2, 0.25) is 0 Å². The fraction of sp³-hybridized carbons (Fsp3) is 0.0455. The van der Waals surface area contributed by atoms with Crippen molar-refractivity contribution in [1.29, 1.82) is 0 Å². The van der Waals surface area contributed by atoms with E-state index in [9.17, 15) is 14.4 Å². The van der Waals surface area contributed by atoms with E-state index in [1.807, 2.05) is 0 Å². The molecule has 0 spiro atoms. The minimum atomic E-state index is -0.440. The summed E-state index contributed by atoms with van der Waals surface area (Å²) in [4.78, 5) is 35.8. The van der Waals surface area contributed by atoms with Crippen LogP contribution in [0.1, 0.15) is 31.1 Å². The molecule has 3 aromatic rings. The van der Waals surface area contributed by atoms with Gasteiger partial charge in [-0.3, -0.25) is 19.7 Å². The molecule has 2 N–H and O–H groups in total. The first kappa shape index (κ1) is 18.2. The largest absolute Gasteiger partial charge is 0.496 e. The normalized spacial score (nSPS) is 12.2. The van der Waals surface area contributed by atoms with Crippen molar-refractivity contribution in [2.45, 2.75) is 0 Å². The van der Waals surface area contributed by atoms with Gasteiger partial charge in [-0.25, -0.2) is 0 Å². The topological polar surface area (TPSA) is 93.7 Å². The number of methoxy groups -OCH3 is 1. The first-order chi connectivity index (χ1) is 14.0. The van der Waals surface area contributed by atoms with E-state index >= 15 is 0 Å². The molecule has 144 valence electrons. The molecule has 0 saturated carbocycles. The van der Waals surface area contributed by atoms with Gasteiger partial charge in [0.25, 0.3) is 17.7 Å². The summed E-state index contributed by atoms with van der Waals surface area (Å²) in [5, 5.41) is 5.04. The number of anilines is 1. The number of amides is 3. The Hall–Kier alpha value is -4.13. The summed E-state index contributed by atoms with van der Waals surface area (Å²) in [5.41, 5.74) is 1.64. The van der Waals surface area contributed by atoms with Crippen LogP contribution in [-0.2, 0) is 0 Å². The van der Waals surface area contributed by atoms with Crippen LogP contribution >= 0.6 is 0 Å². The number of carbonyl (C=O) groups is 3. The van der Waals surface area contributed by atoms with Crippen LogP contribution in [0.5, 0.6) is 17.2 Å². The SMILES string of the molecule is COc1ccccc1C(=O)Nc1ccc(Oc2ccc3c(c2)C(=O)NC3=O)cc1. The number of carbonyl (C=O) groups excluding carboxylic acids is 3. The summed E-state index contributed by atoms with van der Waals surface area (Å²) < 4.78 is 10.9. The number of nitrogens with one attached hydrogen (secondary N) is 2. The van der Waals surface area contributed by atoms with E-state index in [4.69, 9.17) is 9.47 Å². The van der Waals surface area contributed by atoms with Gasteiger partial charge in [0.05, 0.1) is 23.8 Å². The van der Waals surface area contributed by atoms with Gasteiger partial charge in [-0.05, 0) is 54.6 Å². The highest BCUT2D eigenvalue weighted by Crippen LogP contribution is 2.27. The van der Waals surface area contributed by atoms with Crippen molar-refractivity contribution in [3.8, 4) is 17.2 Å². The van der Waals surface area contributed by atoms with Gasteiger partial charge in [0.15, 0.2) is 0 Å². The Bertz CT molecular complexity index is 1120. The Kier molecular flexibility index (Phi) is 4.70. The lowest BCUT2D eigenvalue weighted by atomic mass is 10.1. The molecule has 7 nitrogen and oxygen atoms in total. The van der Waals surface area contributed by atoms with Gasteiger partial charge < -0.3 is 14.8 Å². The lowest BCUT2D eigenvalue weighted by Crippen LogP contribution is -2.19. The zero-order valence-electron chi connectivity index (χ0n) is 15.4. The maximum Gasteiger partial charge on any atom is 0.259 e. The van der Waals surface area contributed by atoms with Crippen molar-refractivity contribution < 1.29 is 23.9 Å². The predicted molar refractivity (Wildman–Crippen MR) is 106 cm³/mol. The molecule has 7 heteroatoms. The van der Waals surface area contributed by atoms with Gasteiger partial charge in [0, 0.05) is 5.69 Å². The number of benzene rings is 3. The molecular formula is C22H16N2O5. The van der Waals surface area contributed by atoms with Crippen LogP contribution in [0.4, 0.5) is 5.69 Å². The summed E-state index contributed by atoms with van der Waals surface area (Å²) in [6, 6.07) is 18.4. The second-order valence-corrected chi connectivity index (χ2v) is 6.27. The minimum Gasteiger partial charge on any atom is -0.496 e. The Morgan fingerprint density at radius 1 is 0.862 bits per heavy atom. The van der Waals surface area contributed by atoms with Gasteiger partial charge in [-0.2, -0.15) is 0 Å². The van der Waals surface area contributed by atoms with Gasteiger partial charge >= 0.3 is 0 Å². The summed E-state index contributed by atoms with van der Waals surface area (Å²) in [7, 11) is 1.51. The molecule has 0 saturated heterocycles. The van der Waals surface area contributed by atoms with E-state index in [0.717, 1.165) is 0 Å². The third kappa shape index (κ3) is 3.66. The first-order valence-corrected chi connectivity index (χ1v) is 8.77. The van der Waals surface area contributed by atoms with Crippen molar-refractivity contribution in [3.05, 3.63) is 83.4 Å². The Morgan fingerprint density at radius 3 is 2.31 bits per heavy atom. The van der Waals surface area contributed by atoms with E-state index in [0.29, 0.717) is 34.1 Å². The van der Waals surface area contributed by atoms with Gasteiger partial charge in [0.1, 0.15) is 17.2 Å². The molecular weight excluding hydrogens is 372 g/mol. The zero-order chi connectivity index (χ0) is 20.4. The van der Waals surface area contributed by atoms with Crippen LogP contribution in [0.3, 0.4) is 0 Å². The Balaban J connectivity index is 1.46. The molecule has 1 aliphatic rings. The van der Waals surface area contributed by atoms with E-state index in [1.54, 1.807) is 60.7 Å².